The monoisotopic (exact) mass is 393 g/mol. The maximum absolute atomic E-state index is 12.8. The molecule has 9 heteroatoms. The number of nitrogens with zero attached hydrogens (tertiary/aromatic N) is 4. The molecule has 0 saturated carbocycles. The average Bonchev–Trinajstić information content (AvgIpc) is 3.09. The minimum absolute atomic E-state index is 0.123. The quantitative estimate of drug-likeness (QED) is 0.858. The average molecular weight is 394 g/mol. The Morgan fingerprint density at radius 2 is 2.07 bits per heavy atom. The van der Waals surface area contributed by atoms with Crippen LogP contribution in [0.15, 0.2) is 24.3 Å². The Kier molecular flexibility index (Phi) is 5.96. The van der Waals surface area contributed by atoms with E-state index in [1.165, 1.54) is 0 Å². The molecule has 3 rings (SSSR count). The highest BCUT2D eigenvalue weighted by molar-refractivity contribution is 6.30. The molecule has 0 radical (unpaired) electrons. The number of hydrogen-bond donors (Lipinski definition) is 1. The summed E-state index contributed by atoms with van der Waals surface area (Å²) in [4.78, 5) is 14.5. The highest BCUT2D eigenvalue weighted by Gasteiger charge is 2.35. The summed E-state index contributed by atoms with van der Waals surface area (Å²) in [6.45, 7) is 6.38. The SMILES string of the molecule is CC(C)(C)OC(=O)N1C[C@H](Cc2nn[nH]n2)OC[C@@H]1Cc1ccc(Cl)cc1. The number of benzene rings is 1. The fourth-order valence-electron chi connectivity index (χ4n) is 2.96. The van der Waals surface area contributed by atoms with Crippen LogP contribution in [0.25, 0.3) is 0 Å². The van der Waals surface area contributed by atoms with Gasteiger partial charge in [-0.05, 0) is 44.9 Å². The predicted molar refractivity (Wildman–Crippen MR) is 99.5 cm³/mol. The summed E-state index contributed by atoms with van der Waals surface area (Å²) in [6, 6.07) is 7.49. The van der Waals surface area contributed by atoms with Crippen LogP contribution in [-0.4, -0.2) is 62.5 Å². The van der Waals surface area contributed by atoms with Gasteiger partial charge in [0.2, 0.25) is 0 Å². The molecule has 1 fully saturated rings. The second-order valence-electron chi connectivity index (χ2n) is 7.60. The van der Waals surface area contributed by atoms with Crippen molar-refractivity contribution in [1.82, 2.24) is 25.5 Å². The van der Waals surface area contributed by atoms with Gasteiger partial charge in [0.05, 0.1) is 25.3 Å². The smallest absolute Gasteiger partial charge is 0.410 e. The summed E-state index contributed by atoms with van der Waals surface area (Å²) in [6.07, 6.45) is 0.578. The topological polar surface area (TPSA) is 93.2 Å². The number of aromatic nitrogens is 4. The summed E-state index contributed by atoms with van der Waals surface area (Å²) in [5.41, 5.74) is 0.516. The van der Waals surface area contributed by atoms with E-state index in [9.17, 15) is 4.79 Å². The molecule has 0 aliphatic carbocycles. The van der Waals surface area contributed by atoms with E-state index in [0.29, 0.717) is 36.8 Å². The zero-order valence-electron chi connectivity index (χ0n) is 15.7. The number of morpholine rings is 1. The Bertz CT molecular complexity index is 745. The largest absolute Gasteiger partial charge is 0.444 e. The van der Waals surface area contributed by atoms with E-state index in [-0.39, 0.29) is 18.2 Å². The molecule has 2 aromatic rings. The van der Waals surface area contributed by atoms with E-state index in [1.54, 1.807) is 4.90 Å². The molecule has 8 nitrogen and oxygen atoms in total. The second kappa shape index (κ2) is 8.22. The summed E-state index contributed by atoms with van der Waals surface area (Å²) >= 11 is 5.96. The van der Waals surface area contributed by atoms with Gasteiger partial charge < -0.3 is 9.47 Å². The molecule has 1 aromatic carbocycles. The van der Waals surface area contributed by atoms with Crippen molar-refractivity contribution >= 4 is 17.7 Å². The fraction of sp³-hybridized carbons (Fsp3) is 0.556. The molecule has 1 saturated heterocycles. The van der Waals surface area contributed by atoms with Crippen molar-refractivity contribution < 1.29 is 14.3 Å². The molecule has 0 unspecified atom stereocenters. The number of carbonyl (C=O) groups excluding carboxylic acids is 1. The number of halogens is 1. The highest BCUT2D eigenvalue weighted by Crippen LogP contribution is 2.22. The van der Waals surface area contributed by atoms with Gasteiger partial charge in [-0.2, -0.15) is 5.21 Å². The second-order valence-corrected chi connectivity index (χ2v) is 8.04. The predicted octanol–water partition coefficient (Wildman–Crippen LogP) is 2.64. The molecule has 27 heavy (non-hydrogen) atoms. The first kappa shape index (κ1) is 19.6. The van der Waals surface area contributed by atoms with Crippen LogP contribution in [-0.2, 0) is 22.3 Å². The van der Waals surface area contributed by atoms with E-state index < -0.39 is 5.60 Å². The van der Waals surface area contributed by atoms with E-state index in [1.807, 2.05) is 45.0 Å². The summed E-state index contributed by atoms with van der Waals surface area (Å²) in [7, 11) is 0. The fourth-order valence-corrected chi connectivity index (χ4v) is 3.09. The third-order valence-corrected chi connectivity index (χ3v) is 4.43. The number of H-pyrrole nitrogens is 1. The lowest BCUT2D eigenvalue weighted by atomic mass is 10.0. The lowest BCUT2D eigenvalue weighted by Gasteiger charge is -2.40. The van der Waals surface area contributed by atoms with Gasteiger partial charge in [0.1, 0.15) is 5.60 Å². The maximum Gasteiger partial charge on any atom is 0.410 e. The van der Waals surface area contributed by atoms with Crippen molar-refractivity contribution in [3.63, 3.8) is 0 Å². The van der Waals surface area contributed by atoms with Crippen molar-refractivity contribution in [2.75, 3.05) is 13.2 Å². The van der Waals surface area contributed by atoms with Crippen LogP contribution >= 0.6 is 11.6 Å². The lowest BCUT2D eigenvalue weighted by molar-refractivity contribution is -0.0694. The van der Waals surface area contributed by atoms with Crippen LogP contribution in [0.1, 0.15) is 32.2 Å². The Balaban J connectivity index is 1.72. The van der Waals surface area contributed by atoms with E-state index in [4.69, 9.17) is 21.1 Å². The molecule has 1 N–H and O–H groups in total. The van der Waals surface area contributed by atoms with E-state index in [0.717, 1.165) is 5.56 Å². The summed E-state index contributed by atoms with van der Waals surface area (Å²) < 4.78 is 11.6. The van der Waals surface area contributed by atoms with Crippen molar-refractivity contribution in [3.8, 4) is 0 Å². The van der Waals surface area contributed by atoms with Crippen LogP contribution in [0.3, 0.4) is 0 Å². The molecule has 146 valence electrons. The minimum Gasteiger partial charge on any atom is -0.444 e. The maximum atomic E-state index is 12.8. The number of amides is 1. The number of carbonyl (C=O) groups is 1. The molecule has 1 aromatic heterocycles. The standard InChI is InChI=1S/C18H24ClN5O3/c1-18(2,3)27-17(25)24-10-15(9-16-20-22-23-21-16)26-11-14(24)8-12-4-6-13(19)7-5-12/h4-7,14-15H,8-11H2,1-3H3,(H,20,21,22,23)/t14-,15-/m0/s1. The third-order valence-electron chi connectivity index (χ3n) is 4.18. The number of ether oxygens (including phenoxy) is 2. The van der Waals surface area contributed by atoms with Crippen LogP contribution < -0.4 is 0 Å². The molecular formula is C18H24ClN5O3. The van der Waals surface area contributed by atoms with Gasteiger partial charge in [-0.3, -0.25) is 4.90 Å². The van der Waals surface area contributed by atoms with Gasteiger partial charge in [0, 0.05) is 11.4 Å². The lowest BCUT2D eigenvalue weighted by Crippen LogP contribution is -2.54. The molecule has 1 aliphatic heterocycles. The zero-order chi connectivity index (χ0) is 19.4. The van der Waals surface area contributed by atoms with Gasteiger partial charge in [0.25, 0.3) is 0 Å². The van der Waals surface area contributed by atoms with E-state index in [2.05, 4.69) is 20.6 Å². The number of nitrogens with one attached hydrogen (secondary N) is 1. The number of rotatable bonds is 4. The summed E-state index contributed by atoms with van der Waals surface area (Å²) in [5, 5.41) is 14.6. The zero-order valence-corrected chi connectivity index (χ0v) is 16.4. The van der Waals surface area contributed by atoms with Gasteiger partial charge in [-0.1, -0.05) is 28.9 Å². The molecule has 0 bridgehead atoms. The highest BCUT2D eigenvalue weighted by atomic mass is 35.5. The van der Waals surface area contributed by atoms with Gasteiger partial charge in [-0.15, -0.1) is 10.2 Å². The van der Waals surface area contributed by atoms with Crippen molar-refractivity contribution in [3.05, 3.63) is 40.7 Å². The van der Waals surface area contributed by atoms with Gasteiger partial charge in [0.15, 0.2) is 5.82 Å². The van der Waals surface area contributed by atoms with Crippen molar-refractivity contribution in [2.45, 2.75) is 51.4 Å². The Morgan fingerprint density at radius 3 is 2.70 bits per heavy atom. The minimum atomic E-state index is -0.566. The first-order chi connectivity index (χ1) is 12.8. The molecule has 1 amide bonds. The van der Waals surface area contributed by atoms with E-state index >= 15 is 0 Å². The Labute approximate surface area is 163 Å². The molecule has 1 aliphatic rings. The Hall–Kier alpha value is -2.19. The third kappa shape index (κ3) is 5.64. The molecule has 0 spiro atoms. The van der Waals surface area contributed by atoms with Crippen LogP contribution in [0.4, 0.5) is 4.79 Å². The first-order valence-electron chi connectivity index (χ1n) is 8.88. The Morgan fingerprint density at radius 1 is 1.33 bits per heavy atom. The van der Waals surface area contributed by atoms with Gasteiger partial charge in [-0.25, -0.2) is 4.79 Å². The molecule has 2 atom stereocenters. The normalized spacial score (nSPS) is 20.5. The number of hydrogen-bond acceptors (Lipinski definition) is 6. The van der Waals surface area contributed by atoms with Crippen molar-refractivity contribution in [2.24, 2.45) is 0 Å². The van der Waals surface area contributed by atoms with Crippen LogP contribution in [0.5, 0.6) is 0 Å². The first-order valence-corrected chi connectivity index (χ1v) is 9.26. The van der Waals surface area contributed by atoms with Crippen molar-refractivity contribution in [1.29, 1.82) is 0 Å². The number of tetrazole rings is 1. The molecule has 2 heterocycles. The number of aromatic amines is 1. The van der Waals surface area contributed by atoms with Crippen LogP contribution in [0.2, 0.25) is 5.02 Å². The van der Waals surface area contributed by atoms with Gasteiger partial charge >= 0.3 is 6.09 Å². The van der Waals surface area contributed by atoms with Crippen LogP contribution in [0, 0.1) is 0 Å². The molecular weight excluding hydrogens is 370 g/mol. The summed E-state index contributed by atoms with van der Waals surface area (Å²) in [5.74, 6) is 0.556.